The highest BCUT2D eigenvalue weighted by Gasteiger charge is 2.38. The fourth-order valence-corrected chi connectivity index (χ4v) is 4.66. The average molecular weight is 312 g/mol. The van der Waals surface area contributed by atoms with Gasteiger partial charge in [-0.15, -0.1) is 0 Å². The standard InChI is InChI=1S/C16H28N2O2S/c1-15(2,3)14(20)17-11-13(19)18-9-10-21-16(12-18)7-5-4-6-8-16/h4-12H2,1-3H3,(H,17,20). The lowest BCUT2D eigenvalue weighted by molar-refractivity contribution is -0.135. The van der Waals surface area contributed by atoms with E-state index in [1.165, 1.54) is 32.1 Å². The van der Waals surface area contributed by atoms with Gasteiger partial charge in [0.15, 0.2) is 0 Å². The largest absolute Gasteiger partial charge is 0.347 e. The topological polar surface area (TPSA) is 49.4 Å². The van der Waals surface area contributed by atoms with Gasteiger partial charge in [-0.25, -0.2) is 0 Å². The quantitative estimate of drug-likeness (QED) is 0.852. The second-order valence-electron chi connectivity index (χ2n) is 7.34. The molecular weight excluding hydrogens is 284 g/mol. The highest BCUT2D eigenvalue weighted by atomic mass is 32.2. The van der Waals surface area contributed by atoms with Gasteiger partial charge >= 0.3 is 0 Å². The van der Waals surface area contributed by atoms with E-state index in [0.29, 0.717) is 4.75 Å². The molecule has 0 aromatic rings. The Bertz CT molecular complexity index is 392. The third kappa shape index (κ3) is 4.38. The van der Waals surface area contributed by atoms with Crippen LogP contribution in [0.4, 0.5) is 0 Å². The first kappa shape index (κ1) is 16.7. The van der Waals surface area contributed by atoms with Crippen molar-refractivity contribution in [2.75, 3.05) is 25.4 Å². The molecular formula is C16H28N2O2S. The summed E-state index contributed by atoms with van der Waals surface area (Å²) in [5.74, 6) is 1.03. The zero-order valence-electron chi connectivity index (χ0n) is 13.5. The normalized spacial score (nSPS) is 22.1. The molecule has 1 saturated carbocycles. The number of rotatable bonds is 2. The Kier molecular flexibility index (Phi) is 5.23. The minimum atomic E-state index is -0.442. The first-order chi connectivity index (χ1) is 9.82. The van der Waals surface area contributed by atoms with E-state index in [1.807, 2.05) is 25.7 Å². The SMILES string of the molecule is CC(C)(C)C(=O)NCC(=O)N1CCSC2(CCCCC2)C1. The van der Waals surface area contributed by atoms with Crippen molar-refractivity contribution < 1.29 is 9.59 Å². The number of hydrogen-bond acceptors (Lipinski definition) is 3. The number of nitrogens with zero attached hydrogens (tertiary/aromatic N) is 1. The average Bonchev–Trinajstić information content (AvgIpc) is 2.44. The Balaban J connectivity index is 1.86. The van der Waals surface area contributed by atoms with Crippen molar-refractivity contribution in [1.82, 2.24) is 10.2 Å². The van der Waals surface area contributed by atoms with Crippen LogP contribution in [0.5, 0.6) is 0 Å². The number of carbonyl (C=O) groups excluding carboxylic acids is 2. The number of amides is 2. The summed E-state index contributed by atoms with van der Waals surface area (Å²) < 4.78 is 0.292. The van der Waals surface area contributed by atoms with Crippen LogP contribution in [-0.2, 0) is 9.59 Å². The predicted molar refractivity (Wildman–Crippen MR) is 87.3 cm³/mol. The Hall–Kier alpha value is -0.710. The molecule has 1 spiro atoms. The van der Waals surface area contributed by atoms with Crippen molar-refractivity contribution in [2.24, 2.45) is 5.41 Å². The highest BCUT2D eigenvalue weighted by molar-refractivity contribution is 8.00. The van der Waals surface area contributed by atoms with Crippen LogP contribution in [0.15, 0.2) is 0 Å². The molecule has 1 aliphatic heterocycles. The van der Waals surface area contributed by atoms with E-state index in [-0.39, 0.29) is 18.4 Å². The number of hydrogen-bond donors (Lipinski definition) is 1. The van der Waals surface area contributed by atoms with Gasteiger partial charge in [0.1, 0.15) is 0 Å². The van der Waals surface area contributed by atoms with Gasteiger partial charge in [-0.1, -0.05) is 40.0 Å². The zero-order chi connectivity index (χ0) is 15.5. The van der Waals surface area contributed by atoms with Crippen LogP contribution in [0, 0.1) is 5.41 Å². The molecule has 2 rings (SSSR count). The molecule has 4 nitrogen and oxygen atoms in total. The molecule has 0 unspecified atom stereocenters. The first-order valence-electron chi connectivity index (χ1n) is 8.02. The van der Waals surface area contributed by atoms with E-state index in [4.69, 9.17) is 0 Å². The molecule has 1 aliphatic carbocycles. The van der Waals surface area contributed by atoms with Crippen LogP contribution < -0.4 is 5.32 Å². The minimum absolute atomic E-state index is 0.0605. The molecule has 0 bridgehead atoms. The van der Waals surface area contributed by atoms with Crippen LogP contribution in [-0.4, -0.2) is 46.8 Å². The maximum absolute atomic E-state index is 12.4. The van der Waals surface area contributed by atoms with E-state index in [1.54, 1.807) is 0 Å². The van der Waals surface area contributed by atoms with E-state index in [9.17, 15) is 9.59 Å². The van der Waals surface area contributed by atoms with Crippen molar-refractivity contribution >= 4 is 23.6 Å². The Morgan fingerprint density at radius 2 is 1.86 bits per heavy atom. The lowest BCUT2D eigenvalue weighted by Crippen LogP contribution is -2.52. The van der Waals surface area contributed by atoms with Gasteiger partial charge in [0.05, 0.1) is 6.54 Å². The molecule has 2 aliphatic rings. The molecule has 0 aromatic carbocycles. The maximum atomic E-state index is 12.4. The molecule has 0 radical (unpaired) electrons. The third-order valence-electron chi connectivity index (χ3n) is 4.45. The second-order valence-corrected chi connectivity index (χ2v) is 8.90. The highest BCUT2D eigenvalue weighted by Crippen LogP contribution is 2.42. The van der Waals surface area contributed by atoms with Crippen LogP contribution in [0.3, 0.4) is 0 Å². The summed E-state index contributed by atoms with van der Waals surface area (Å²) in [5, 5.41) is 2.77. The van der Waals surface area contributed by atoms with Crippen LogP contribution >= 0.6 is 11.8 Å². The molecule has 21 heavy (non-hydrogen) atoms. The number of carbonyl (C=O) groups is 2. The molecule has 0 aromatic heterocycles. The van der Waals surface area contributed by atoms with Gasteiger partial charge in [-0.05, 0) is 12.8 Å². The van der Waals surface area contributed by atoms with Crippen molar-refractivity contribution in [3.63, 3.8) is 0 Å². The lowest BCUT2D eigenvalue weighted by atomic mass is 9.87. The number of nitrogens with one attached hydrogen (secondary N) is 1. The summed E-state index contributed by atoms with van der Waals surface area (Å²) in [6.45, 7) is 7.40. The second kappa shape index (κ2) is 6.59. The van der Waals surface area contributed by atoms with E-state index in [0.717, 1.165) is 18.8 Å². The molecule has 120 valence electrons. The molecule has 1 saturated heterocycles. The Morgan fingerprint density at radius 3 is 2.48 bits per heavy atom. The fourth-order valence-electron chi connectivity index (χ4n) is 3.09. The van der Waals surface area contributed by atoms with Gasteiger partial charge < -0.3 is 10.2 Å². The van der Waals surface area contributed by atoms with Crippen LogP contribution in [0.2, 0.25) is 0 Å². The molecule has 0 atom stereocenters. The van der Waals surface area contributed by atoms with Gasteiger partial charge in [0.25, 0.3) is 0 Å². The molecule has 2 amide bonds. The zero-order valence-corrected chi connectivity index (χ0v) is 14.4. The first-order valence-corrected chi connectivity index (χ1v) is 9.01. The smallest absolute Gasteiger partial charge is 0.242 e. The summed E-state index contributed by atoms with van der Waals surface area (Å²) in [7, 11) is 0. The van der Waals surface area contributed by atoms with Gasteiger partial charge in [0.2, 0.25) is 11.8 Å². The van der Waals surface area contributed by atoms with Crippen molar-refractivity contribution in [3.05, 3.63) is 0 Å². The van der Waals surface area contributed by atoms with Gasteiger partial charge in [-0.3, -0.25) is 9.59 Å². The van der Waals surface area contributed by atoms with Crippen molar-refractivity contribution in [1.29, 1.82) is 0 Å². The fraction of sp³-hybridized carbons (Fsp3) is 0.875. The monoisotopic (exact) mass is 312 g/mol. The summed E-state index contributed by atoms with van der Waals surface area (Å²) in [6.07, 6.45) is 6.37. The van der Waals surface area contributed by atoms with Crippen LogP contribution in [0.1, 0.15) is 52.9 Å². The predicted octanol–water partition coefficient (Wildman–Crippen LogP) is 2.43. The van der Waals surface area contributed by atoms with Crippen molar-refractivity contribution in [3.8, 4) is 0 Å². The molecule has 5 heteroatoms. The van der Waals surface area contributed by atoms with Crippen molar-refractivity contribution in [2.45, 2.75) is 57.6 Å². The van der Waals surface area contributed by atoms with E-state index < -0.39 is 5.41 Å². The van der Waals surface area contributed by atoms with Gasteiger partial charge in [-0.2, -0.15) is 11.8 Å². The summed E-state index contributed by atoms with van der Waals surface area (Å²) >= 11 is 2.06. The molecule has 1 heterocycles. The summed E-state index contributed by atoms with van der Waals surface area (Å²) in [5.41, 5.74) is -0.442. The summed E-state index contributed by atoms with van der Waals surface area (Å²) in [4.78, 5) is 26.2. The van der Waals surface area contributed by atoms with E-state index >= 15 is 0 Å². The van der Waals surface area contributed by atoms with Gasteiger partial charge in [0, 0.05) is 29.0 Å². The minimum Gasteiger partial charge on any atom is -0.347 e. The molecule has 2 fully saturated rings. The molecule has 1 N–H and O–H groups in total. The van der Waals surface area contributed by atoms with E-state index in [2.05, 4.69) is 17.1 Å². The Labute approximate surface area is 132 Å². The lowest BCUT2D eigenvalue weighted by Gasteiger charge is -2.44. The number of thioether (sulfide) groups is 1. The Morgan fingerprint density at radius 1 is 1.19 bits per heavy atom. The third-order valence-corrected chi connectivity index (χ3v) is 5.98. The summed E-state index contributed by atoms with van der Waals surface area (Å²) in [6, 6.07) is 0. The van der Waals surface area contributed by atoms with Crippen LogP contribution in [0.25, 0.3) is 0 Å². The maximum Gasteiger partial charge on any atom is 0.242 e.